The molecule has 0 amide bonds. The highest BCUT2D eigenvalue weighted by Crippen LogP contribution is 2.24. The first-order valence-corrected chi connectivity index (χ1v) is 5.64. The first-order chi connectivity index (χ1) is 6.81. The molecule has 3 nitrogen and oxygen atoms in total. The van der Waals surface area contributed by atoms with Gasteiger partial charge in [0.15, 0.2) is 0 Å². The van der Waals surface area contributed by atoms with Gasteiger partial charge in [-0.1, -0.05) is 6.92 Å². The Morgan fingerprint density at radius 3 is 3.14 bits per heavy atom. The van der Waals surface area contributed by atoms with Crippen molar-refractivity contribution in [2.45, 2.75) is 26.3 Å². The van der Waals surface area contributed by atoms with Crippen molar-refractivity contribution in [1.29, 1.82) is 0 Å². The molecule has 0 aromatic carbocycles. The van der Waals surface area contributed by atoms with Gasteiger partial charge in [-0.25, -0.2) is 9.97 Å². The zero-order valence-electron chi connectivity index (χ0n) is 8.32. The number of aromatic nitrogens is 2. The van der Waals surface area contributed by atoms with Crippen LogP contribution in [-0.2, 0) is 0 Å². The van der Waals surface area contributed by atoms with Crippen LogP contribution < -0.4 is 5.32 Å². The van der Waals surface area contributed by atoms with E-state index >= 15 is 0 Å². The molecule has 0 saturated heterocycles. The Kier molecular flexibility index (Phi) is 2.63. The van der Waals surface area contributed by atoms with Crippen molar-refractivity contribution in [3.63, 3.8) is 0 Å². The summed E-state index contributed by atoms with van der Waals surface area (Å²) in [6.07, 6.45) is 2.71. The first kappa shape index (κ1) is 9.40. The molecule has 4 heteroatoms. The van der Waals surface area contributed by atoms with Crippen LogP contribution in [0.4, 0.5) is 5.82 Å². The smallest absolute Gasteiger partial charge is 0.138 e. The van der Waals surface area contributed by atoms with Crippen molar-refractivity contribution in [2.24, 2.45) is 0 Å². The van der Waals surface area contributed by atoms with Gasteiger partial charge >= 0.3 is 0 Å². The molecule has 0 saturated carbocycles. The van der Waals surface area contributed by atoms with Crippen LogP contribution >= 0.6 is 11.3 Å². The molecular formula is C10H13N3S. The number of rotatable bonds is 3. The molecule has 74 valence electrons. The van der Waals surface area contributed by atoms with Crippen LogP contribution in [0, 0.1) is 0 Å². The first-order valence-electron chi connectivity index (χ1n) is 4.76. The molecule has 0 fully saturated rings. The molecule has 2 rings (SSSR count). The third-order valence-corrected chi connectivity index (χ3v) is 3.08. The SMILES string of the molecule is CC[C@@H](C)Nc1ncnc2sccc12. The fourth-order valence-electron chi connectivity index (χ4n) is 1.24. The quantitative estimate of drug-likeness (QED) is 0.841. The molecule has 0 aliphatic rings. The van der Waals surface area contributed by atoms with Crippen LogP contribution in [0.5, 0.6) is 0 Å². The van der Waals surface area contributed by atoms with E-state index in [1.807, 2.05) is 5.38 Å². The average Bonchev–Trinajstić information content (AvgIpc) is 2.66. The van der Waals surface area contributed by atoms with Crippen LogP contribution in [0.3, 0.4) is 0 Å². The van der Waals surface area contributed by atoms with Gasteiger partial charge in [0.2, 0.25) is 0 Å². The number of hydrogen-bond acceptors (Lipinski definition) is 4. The monoisotopic (exact) mass is 207 g/mol. The molecule has 2 aromatic heterocycles. The Bertz CT molecular complexity index is 424. The molecule has 0 aliphatic heterocycles. The van der Waals surface area contributed by atoms with Gasteiger partial charge in [0.25, 0.3) is 0 Å². The number of fused-ring (bicyclic) bond motifs is 1. The summed E-state index contributed by atoms with van der Waals surface area (Å²) in [5.41, 5.74) is 0. The summed E-state index contributed by atoms with van der Waals surface area (Å²) in [6, 6.07) is 2.51. The largest absolute Gasteiger partial charge is 0.367 e. The molecule has 2 heterocycles. The summed E-state index contributed by atoms with van der Waals surface area (Å²) in [5.74, 6) is 0.950. The minimum Gasteiger partial charge on any atom is -0.367 e. The van der Waals surface area contributed by atoms with Gasteiger partial charge in [-0.05, 0) is 24.8 Å². The molecule has 0 spiro atoms. The van der Waals surface area contributed by atoms with E-state index < -0.39 is 0 Å². The Morgan fingerprint density at radius 1 is 1.50 bits per heavy atom. The van der Waals surface area contributed by atoms with Crippen molar-refractivity contribution >= 4 is 27.4 Å². The summed E-state index contributed by atoms with van der Waals surface area (Å²) in [5, 5.41) is 6.54. The highest BCUT2D eigenvalue weighted by atomic mass is 32.1. The summed E-state index contributed by atoms with van der Waals surface area (Å²) in [6.45, 7) is 4.31. The van der Waals surface area contributed by atoms with E-state index in [9.17, 15) is 0 Å². The van der Waals surface area contributed by atoms with E-state index in [-0.39, 0.29) is 0 Å². The fourth-order valence-corrected chi connectivity index (χ4v) is 1.97. The maximum absolute atomic E-state index is 4.25. The topological polar surface area (TPSA) is 37.8 Å². The molecule has 0 aliphatic carbocycles. The van der Waals surface area contributed by atoms with Crippen LogP contribution in [-0.4, -0.2) is 16.0 Å². The third kappa shape index (κ3) is 1.70. The molecule has 2 aromatic rings. The van der Waals surface area contributed by atoms with Crippen LogP contribution in [0.2, 0.25) is 0 Å². The second-order valence-corrected chi connectivity index (χ2v) is 4.21. The number of anilines is 1. The Morgan fingerprint density at radius 2 is 2.36 bits per heavy atom. The van der Waals surface area contributed by atoms with E-state index in [1.165, 1.54) is 0 Å². The number of nitrogens with one attached hydrogen (secondary N) is 1. The highest BCUT2D eigenvalue weighted by Gasteiger charge is 2.06. The second kappa shape index (κ2) is 3.92. The fraction of sp³-hybridized carbons (Fsp3) is 0.400. The van der Waals surface area contributed by atoms with Crippen LogP contribution in [0.25, 0.3) is 10.2 Å². The zero-order valence-corrected chi connectivity index (χ0v) is 9.14. The van der Waals surface area contributed by atoms with Gasteiger partial charge < -0.3 is 5.32 Å². The van der Waals surface area contributed by atoms with Crippen LogP contribution in [0.1, 0.15) is 20.3 Å². The van der Waals surface area contributed by atoms with Gasteiger partial charge in [-0.3, -0.25) is 0 Å². The lowest BCUT2D eigenvalue weighted by Crippen LogP contribution is -2.14. The zero-order chi connectivity index (χ0) is 9.97. The minimum absolute atomic E-state index is 0.452. The maximum Gasteiger partial charge on any atom is 0.138 e. The lowest BCUT2D eigenvalue weighted by molar-refractivity contribution is 0.760. The lowest BCUT2D eigenvalue weighted by atomic mass is 10.2. The summed E-state index contributed by atoms with van der Waals surface area (Å²) >= 11 is 1.65. The van der Waals surface area contributed by atoms with Crippen molar-refractivity contribution in [3.8, 4) is 0 Å². The summed E-state index contributed by atoms with van der Waals surface area (Å²) in [4.78, 5) is 9.50. The van der Waals surface area contributed by atoms with E-state index in [2.05, 4.69) is 35.2 Å². The number of hydrogen-bond donors (Lipinski definition) is 1. The maximum atomic E-state index is 4.25. The van der Waals surface area contributed by atoms with Gasteiger partial charge in [0.1, 0.15) is 17.0 Å². The predicted octanol–water partition coefficient (Wildman–Crippen LogP) is 2.90. The minimum atomic E-state index is 0.452. The molecule has 0 radical (unpaired) electrons. The van der Waals surface area contributed by atoms with E-state index in [0.29, 0.717) is 6.04 Å². The molecule has 14 heavy (non-hydrogen) atoms. The average molecular weight is 207 g/mol. The van der Waals surface area contributed by atoms with E-state index in [4.69, 9.17) is 0 Å². The van der Waals surface area contributed by atoms with Crippen molar-refractivity contribution < 1.29 is 0 Å². The molecule has 0 unspecified atom stereocenters. The van der Waals surface area contributed by atoms with E-state index in [0.717, 1.165) is 22.5 Å². The normalized spacial score (nSPS) is 13.0. The Labute approximate surface area is 87.2 Å². The molecule has 1 N–H and O–H groups in total. The van der Waals surface area contributed by atoms with Gasteiger partial charge in [-0.15, -0.1) is 11.3 Å². The van der Waals surface area contributed by atoms with Gasteiger partial charge in [0, 0.05) is 6.04 Å². The molecule has 1 atom stereocenters. The molecular weight excluding hydrogens is 194 g/mol. The summed E-state index contributed by atoms with van der Waals surface area (Å²) in [7, 11) is 0. The van der Waals surface area contributed by atoms with Crippen LogP contribution in [0.15, 0.2) is 17.8 Å². The van der Waals surface area contributed by atoms with Crippen molar-refractivity contribution in [2.75, 3.05) is 5.32 Å². The van der Waals surface area contributed by atoms with Crippen molar-refractivity contribution in [3.05, 3.63) is 17.8 Å². The molecule has 0 bridgehead atoms. The predicted molar refractivity (Wildman–Crippen MR) is 60.8 cm³/mol. The standard InChI is InChI=1S/C10H13N3S/c1-3-7(2)13-9-8-4-5-14-10(8)12-6-11-9/h4-7H,3H2,1-2H3,(H,11,12,13)/t7-/m1/s1. The number of nitrogens with zero attached hydrogens (tertiary/aromatic N) is 2. The number of thiophene rings is 1. The Balaban J connectivity index is 2.36. The Hall–Kier alpha value is -1.16. The van der Waals surface area contributed by atoms with E-state index in [1.54, 1.807) is 17.7 Å². The van der Waals surface area contributed by atoms with Gasteiger partial charge in [0.05, 0.1) is 5.39 Å². The summed E-state index contributed by atoms with van der Waals surface area (Å²) < 4.78 is 0. The van der Waals surface area contributed by atoms with Crippen molar-refractivity contribution in [1.82, 2.24) is 9.97 Å². The third-order valence-electron chi connectivity index (χ3n) is 2.26. The van der Waals surface area contributed by atoms with Gasteiger partial charge in [-0.2, -0.15) is 0 Å². The lowest BCUT2D eigenvalue weighted by Gasteiger charge is -2.12. The second-order valence-electron chi connectivity index (χ2n) is 3.32. The highest BCUT2D eigenvalue weighted by molar-refractivity contribution is 7.16.